The first-order valence-electron chi connectivity index (χ1n) is 7.53. The van der Waals surface area contributed by atoms with Crippen LogP contribution in [0.4, 0.5) is 0 Å². The fourth-order valence-electron chi connectivity index (χ4n) is 2.72. The lowest BCUT2D eigenvalue weighted by Crippen LogP contribution is -2.11. The SMILES string of the molecule is CCCCCCC(N)c1c(CC)oc2ccccc12. The van der Waals surface area contributed by atoms with E-state index in [2.05, 4.69) is 26.0 Å². The molecule has 1 unspecified atom stereocenters. The number of para-hydroxylation sites is 1. The van der Waals surface area contributed by atoms with E-state index in [0.717, 1.165) is 24.2 Å². The maximum absolute atomic E-state index is 6.40. The molecule has 0 radical (unpaired) electrons. The van der Waals surface area contributed by atoms with Crippen molar-refractivity contribution in [3.8, 4) is 0 Å². The molecule has 19 heavy (non-hydrogen) atoms. The summed E-state index contributed by atoms with van der Waals surface area (Å²) in [4.78, 5) is 0. The highest BCUT2D eigenvalue weighted by Crippen LogP contribution is 2.32. The van der Waals surface area contributed by atoms with Crippen molar-refractivity contribution >= 4 is 11.0 Å². The third kappa shape index (κ3) is 3.19. The van der Waals surface area contributed by atoms with Gasteiger partial charge in [0.25, 0.3) is 0 Å². The largest absolute Gasteiger partial charge is 0.461 e. The zero-order valence-electron chi connectivity index (χ0n) is 12.1. The monoisotopic (exact) mass is 259 g/mol. The van der Waals surface area contributed by atoms with Crippen molar-refractivity contribution in [3.05, 3.63) is 35.6 Å². The van der Waals surface area contributed by atoms with Crippen molar-refractivity contribution < 1.29 is 4.42 Å². The van der Waals surface area contributed by atoms with Gasteiger partial charge in [-0.1, -0.05) is 57.7 Å². The molecule has 0 aliphatic heterocycles. The predicted octanol–water partition coefficient (Wildman–Crippen LogP) is 4.97. The molecule has 0 spiro atoms. The zero-order chi connectivity index (χ0) is 13.7. The molecule has 0 amide bonds. The first-order chi connectivity index (χ1) is 9.27. The minimum absolute atomic E-state index is 0.107. The van der Waals surface area contributed by atoms with Crippen LogP contribution in [0.15, 0.2) is 28.7 Å². The van der Waals surface area contributed by atoms with Crippen LogP contribution in [0.2, 0.25) is 0 Å². The van der Waals surface area contributed by atoms with Crippen LogP contribution in [-0.4, -0.2) is 0 Å². The number of hydrogen-bond donors (Lipinski definition) is 1. The predicted molar refractivity (Wildman–Crippen MR) is 81.3 cm³/mol. The van der Waals surface area contributed by atoms with E-state index in [4.69, 9.17) is 10.2 Å². The van der Waals surface area contributed by atoms with E-state index >= 15 is 0 Å². The molecule has 1 heterocycles. The Labute approximate surface area is 116 Å². The van der Waals surface area contributed by atoms with Crippen molar-refractivity contribution in [2.24, 2.45) is 5.73 Å². The Balaban J connectivity index is 2.17. The van der Waals surface area contributed by atoms with E-state index in [-0.39, 0.29) is 6.04 Å². The Morgan fingerprint density at radius 3 is 2.63 bits per heavy atom. The number of hydrogen-bond acceptors (Lipinski definition) is 2. The summed E-state index contributed by atoms with van der Waals surface area (Å²) in [6.07, 6.45) is 7.02. The van der Waals surface area contributed by atoms with E-state index in [0.29, 0.717) is 0 Å². The van der Waals surface area contributed by atoms with Crippen LogP contribution in [0.25, 0.3) is 11.0 Å². The van der Waals surface area contributed by atoms with Gasteiger partial charge in [0.05, 0.1) is 0 Å². The van der Waals surface area contributed by atoms with Crippen LogP contribution >= 0.6 is 0 Å². The molecule has 0 aliphatic rings. The topological polar surface area (TPSA) is 39.2 Å². The van der Waals surface area contributed by atoms with Crippen molar-refractivity contribution in [1.29, 1.82) is 0 Å². The molecule has 0 saturated heterocycles. The van der Waals surface area contributed by atoms with Crippen LogP contribution in [0.3, 0.4) is 0 Å². The molecule has 0 aliphatic carbocycles. The van der Waals surface area contributed by atoms with Gasteiger partial charge >= 0.3 is 0 Å². The Morgan fingerprint density at radius 1 is 1.11 bits per heavy atom. The second-order valence-corrected chi connectivity index (χ2v) is 5.24. The summed E-state index contributed by atoms with van der Waals surface area (Å²) in [5.41, 5.74) is 8.61. The maximum atomic E-state index is 6.40. The summed E-state index contributed by atoms with van der Waals surface area (Å²) < 4.78 is 5.92. The lowest BCUT2D eigenvalue weighted by Gasteiger charge is -2.12. The lowest BCUT2D eigenvalue weighted by molar-refractivity contribution is 0.522. The molecule has 2 heteroatoms. The van der Waals surface area contributed by atoms with Crippen LogP contribution in [-0.2, 0) is 6.42 Å². The second kappa shape index (κ2) is 6.76. The van der Waals surface area contributed by atoms with E-state index < -0.39 is 0 Å². The standard InChI is InChI=1S/C17H25NO/c1-3-5-6-7-11-14(18)17-13-10-8-9-12-16(13)19-15(17)4-2/h8-10,12,14H,3-7,11,18H2,1-2H3. The van der Waals surface area contributed by atoms with Crippen molar-refractivity contribution in [1.82, 2.24) is 0 Å². The molecule has 2 aromatic rings. The van der Waals surface area contributed by atoms with Crippen LogP contribution in [0, 0.1) is 0 Å². The molecule has 104 valence electrons. The van der Waals surface area contributed by atoms with E-state index in [9.17, 15) is 0 Å². The van der Waals surface area contributed by atoms with Gasteiger partial charge in [-0.25, -0.2) is 0 Å². The number of nitrogens with two attached hydrogens (primary N) is 1. The van der Waals surface area contributed by atoms with Crippen LogP contribution in [0.5, 0.6) is 0 Å². The van der Waals surface area contributed by atoms with Crippen molar-refractivity contribution in [3.63, 3.8) is 0 Å². The minimum atomic E-state index is 0.107. The fourth-order valence-corrected chi connectivity index (χ4v) is 2.72. The highest BCUT2D eigenvalue weighted by atomic mass is 16.3. The average molecular weight is 259 g/mol. The molecule has 1 atom stereocenters. The third-order valence-electron chi connectivity index (χ3n) is 3.77. The highest BCUT2D eigenvalue weighted by Gasteiger charge is 2.18. The van der Waals surface area contributed by atoms with Crippen molar-refractivity contribution in [2.45, 2.75) is 58.4 Å². The molecular formula is C17H25NO. The number of fused-ring (bicyclic) bond motifs is 1. The summed E-state index contributed by atoms with van der Waals surface area (Å²) in [5, 5.41) is 1.20. The molecule has 0 saturated carbocycles. The van der Waals surface area contributed by atoms with Gasteiger partial charge in [0.15, 0.2) is 0 Å². The summed E-state index contributed by atoms with van der Waals surface area (Å²) >= 11 is 0. The Morgan fingerprint density at radius 2 is 1.89 bits per heavy atom. The molecule has 2 N–H and O–H groups in total. The maximum Gasteiger partial charge on any atom is 0.134 e. The molecule has 2 nitrogen and oxygen atoms in total. The number of furan rings is 1. The van der Waals surface area contributed by atoms with Gasteiger partial charge in [-0.2, -0.15) is 0 Å². The number of benzene rings is 1. The van der Waals surface area contributed by atoms with Gasteiger partial charge < -0.3 is 10.2 Å². The van der Waals surface area contributed by atoms with E-state index in [1.807, 2.05) is 12.1 Å². The van der Waals surface area contributed by atoms with Gasteiger partial charge in [0, 0.05) is 23.4 Å². The second-order valence-electron chi connectivity index (χ2n) is 5.24. The summed E-state index contributed by atoms with van der Waals surface area (Å²) in [6, 6.07) is 8.34. The lowest BCUT2D eigenvalue weighted by atomic mass is 9.97. The van der Waals surface area contributed by atoms with Gasteiger partial charge in [-0.05, 0) is 12.5 Å². The van der Waals surface area contributed by atoms with Gasteiger partial charge in [0.1, 0.15) is 11.3 Å². The fraction of sp³-hybridized carbons (Fsp3) is 0.529. The van der Waals surface area contributed by atoms with Gasteiger partial charge in [-0.15, -0.1) is 0 Å². The average Bonchev–Trinajstić information content (AvgIpc) is 2.82. The van der Waals surface area contributed by atoms with Gasteiger partial charge in [0.2, 0.25) is 0 Å². The molecule has 0 bridgehead atoms. The molecular weight excluding hydrogens is 234 g/mol. The first-order valence-corrected chi connectivity index (χ1v) is 7.53. The quantitative estimate of drug-likeness (QED) is 0.713. The minimum Gasteiger partial charge on any atom is -0.461 e. The summed E-state index contributed by atoms with van der Waals surface area (Å²) in [6.45, 7) is 4.36. The van der Waals surface area contributed by atoms with Crippen molar-refractivity contribution in [2.75, 3.05) is 0 Å². The Kier molecular flexibility index (Phi) is 5.03. The Bertz CT molecular complexity index is 515. The van der Waals surface area contributed by atoms with E-state index in [1.54, 1.807) is 0 Å². The van der Waals surface area contributed by atoms with Gasteiger partial charge in [-0.3, -0.25) is 0 Å². The first kappa shape index (κ1) is 14.1. The molecule has 2 rings (SSSR count). The van der Waals surface area contributed by atoms with Crippen LogP contribution < -0.4 is 5.73 Å². The number of unbranched alkanes of at least 4 members (excludes halogenated alkanes) is 3. The molecule has 1 aromatic carbocycles. The van der Waals surface area contributed by atoms with E-state index in [1.165, 1.54) is 36.6 Å². The summed E-state index contributed by atoms with van der Waals surface area (Å²) in [7, 11) is 0. The highest BCUT2D eigenvalue weighted by molar-refractivity contribution is 5.82. The molecule has 1 aromatic heterocycles. The van der Waals surface area contributed by atoms with Crippen LogP contribution in [0.1, 0.15) is 63.3 Å². The smallest absolute Gasteiger partial charge is 0.134 e. The zero-order valence-corrected chi connectivity index (χ0v) is 12.1. The third-order valence-corrected chi connectivity index (χ3v) is 3.77. The summed E-state index contributed by atoms with van der Waals surface area (Å²) in [5.74, 6) is 1.06. The Hall–Kier alpha value is -1.28. The normalized spacial score (nSPS) is 13.0. The molecule has 0 fully saturated rings. The number of aryl methyl sites for hydroxylation is 1. The number of rotatable bonds is 7.